The van der Waals surface area contributed by atoms with Crippen molar-refractivity contribution in [1.82, 2.24) is 9.55 Å². The standard InChI is InChI=1S/C12H19BN2O3/c1-11(2)12(3,4)18-13(17-11)10-14-7-9-8-16-6-5-15(9)10/h7H,5-6,8H2,1-4H3. The average Bonchev–Trinajstić information content (AvgIpc) is 2.78. The van der Waals surface area contributed by atoms with Gasteiger partial charge in [0.2, 0.25) is 0 Å². The van der Waals surface area contributed by atoms with E-state index in [4.69, 9.17) is 14.0 Å². The van der Waals surface area contributed by atoms with Crippen molar-refractivity contribution < 1.29 is 14.0 Å². The van der Waals surface area contributed by atoms with Crippen LogP contribution in [0.2, 0.25) is 0 Å². The molecule has 3 heterocycles. The molecule has 0 amide bonds. The number of hydrogen-bond donors (Lipinski definition) is 0. The van der Waals surface area contributed by atoms with Crippen molar-refractivity contribution >= 4 is 12.8 Å². The van der Waals surface area contributed by atoms with Gasteiger partial charge in [-0.2, -0.15) is 0 Å². The Balaban J connectivity index is 1.91. The van der Waals surface area contributed by atoms with E-state index in [1.165, 1.54) is 0 Å². The molecule has 3 rings (SSSR count). The number of rotatable bonds is 1. The van der Waals surface area contributed by atoms with Gasteiger partial charge >= 0.3 is 7.12 Å². The molecule has 0 bridgehead atoms. The van der Waals surface area contributed by atoms with E-state index in [1.54, 1.807) is 0 Å². The first-order valence-corrected chi connectivity index (χ1v) is 6.38. The van der Waals surface area contributed by atoms with Crippen molar-refractivity contribution in [2.24, 2.45) is 0 Å². The van der Waals surface area contributed by atoms with Gasteiger partial charge in [-0.1, -0.05) is 0 Å². The maximum Gasteiger partial charge on any atom is 0.532 e. The Morgan fingerprint density at radius 2 is 1.89 bits per heavy atom. The predicted octanol–water partition coefficient (Wildman–Crippen LogP) is 0.712. The normalized spacial score (nSPS) is 25.2. The van der Waals surface area contributed by atoms with Crippen LogP contribution >= 0.6 is 0 Å². The van der Waals surface area contributed by atoms with Gasteiger partial charge in [-0.05, 0) is 27.7 Å². The SMILES string of the molecule is CC1(C)OB(c2ncc3n2CCOC3)OC1(C)C. The molecule has 1 aromatic heterocycles. The molecule has 0 saturated carbocycles. The van der Waals surface area contributed by atoms with Gasteiger partial charge in [0.15, 0.2) is 0 Å². The van der Waals surface area contributed by atoms with Crippen molar-refractivity contribution in [1.29, 1.82) is 0 Å². The van der Waals surface area contributed by atoms with Crippen LogP contribution in [0.1, 0.15) is 33.4 Å². The molecule has 5 nitrogen and oxygen atoms in total. The first kappa shape index (κ1) is 12.2. The van der Waals surface area contributed by atoms with E-state index in [9.17, 15) is 0 Å². The second kappa shape index (κ2) is 3.82. The molecule has 1 saturated heterocycles. The smallest absolute Gasteiger partial charge is 0.397 e. The number of nitrogens with zero attached hydrogens (tertiary/aromatic N) is 2. The van der Waals surface area contributed by atoms with Gasteiger partial charge in [0.1, 0.15) is 5.72 Å². The summed E-state index contributed by atoms with van der Waals surface area (Å²) in [6.45, 7) is 10.4. The molecule has 2 aliphatic rings. The zero-order valence-electron chi connectivity index (χ0n) is 11.4. The lowest BCUT2D eigenvalue weighted by Gasteiger charge is -2.32. The van der Waals surface area contributed by atoms with Crippen molar-refractivity contribution in [2.75, 3.05) is 6.61 Å². The van der Waals surface area contributed by atoms with Crippen LogP contribution in [0.3, 0.4) is 0 Å². The van der Waals surface area contributed by atoms with Crippen LogP contribution in [0.4, 0.5) is 0 Å². The highest BCUT2D eigenvalue weighted by Gasteiger charge is 2.53. The molecular weight excluding hydrogens is 231 g/mol. The maximum absolute atomic E-state index is 6.03. The average molecular weight is 250 g/mol. The molecule has 1 aromatic rings. The van der Waals surface area contributed by atoms with Gasteiger partial charge in [-0.25, -0.2) is 4.98 Å². The fourth-order valence-corrected chi connectivity index (χ4v) is 2.27. The molecule has 0 N–H and O–H groups in total. The summed E-state index contributed by atoms with van der Waals surface area (Å²) in [5.74, 6) is 0. The summed E-state index contributed by atoms with van der Waals surface area (Å²) in [5, 5.41) is 0. The zero-order valence-corrected chi connectivity index (χ0v) is 11.4. The summed E-state index contributed by atoms with van der Waals surface area (Å²) in [5.41, 5.74) is 1.29. The molecular formula is C12H19BN2O3. The molecule has 0 radical (unpaired) electrons. The van der Waals surface area contributed by atoms with E-state index in [0.29, 0.717) is 6.61 Å². The first-order valence-electron chi connectivity index (χ1n) is 6.38. The summed E-state index contributed by atoms with van der Waals surface area (Å²) in [4.78, 5) is 4.44. The van der Waals surface area contributed by atoms with Crippen LogP contribution in [0.15, 0.2) is 6.20 Å². The predicted molar refractivity (Wildman–Crippen MR) is 67.6 cm³/mol. The fraction of sp³-hybridized carbons (Fsp3) is 0.750. The Morgan fingerprint density at radius 1 is 1.22 bits per heavy atom. The number of imidazole rings is 1. The van der Waals surface area contributed by atoms with E-state index in [-0.39, 0.29) is 18.3 Å². The first-order chi connectivity index (χ1) is 8.41. The molecule has 1 fully saturated rings. The quantitative estimate of drug-likeness (QED) is 0.689. The Labute approximate surface area is 108 Å². The van der Waals surface area contributed by atoms with Crippen molar-refractivity contribution in [3.63, 3.8) is 0 Å². The number of ether oxygens (including phenoxy) is 1. The van der Waals surface area contributed by atoms with Gasteiger partial charge < -0.3 is 18.6 Å². The molecule has 98 valence electrons. The lowest BCUT2D eigenvalue weighted by Crippen LogP contribution is -2.42. The molecule has 0 aromatic carbocycles. The second-order valence-corrected chi connectivity index (χ2v) is 5.90. The van der Waals surface area contributed by atoms with Crippen molar-refractivity contribution in [2.45, 2.75) is 52.0 Å². The summed E-state index contributed by atoms with van der Waals surface area (Å²) in [6, 6.07) is 0. The Morgan fingerprint density at radius 3 is 2.56 bits per heavy atom. The van der Waals surface area contributed by atoms with Crippen LogP contribution in [0, 0.1) is 0 Å². The molecule has 6 heteroatoms. The topological polar surface area (TPSA) is 45.5 Å². The third kappa shape index (κ3) is 1.71. The van der Waals surface area contributed by atoms with E-state index >= 15 is 0 Å². The highest BCUT2D eigenvalue weighted by Crippen LogP contribution is 2.36. The summed E-state index contributed by atoms with van der Waals surface area (Å²) in [7, 11) is -0.387. The highest BCUT2D eigenvalue weighted by molar-refractivity contribution is 6.60. The Hall–Kier alpha value is -0.845. The minimum absolute atomic E-state index is 0.324. The van der Waals surface area contributed by atoms with Crippen LogP contribution in [0.5, 0.6) is 0 Å². The number of hydrogen-bond acceptors (Lipinski definition) is 4. The molecule has 0 atom stereocenters. The van der Waals surface area contributed by atoms with Crippen molar-refractivity contribution in [3.8, 4) is 0 Å². The van der Waals surface area contributed by atoms with Gasteiger partial charge in [0, 0.05) is 6.54 Å². The van der Waals surface area contributed by atoms with Gasteiger partial charge in [-0.15, -0.1) is 0 Å². The fourth-order valence-electron chi connectivity index (χ4n) is 2.27. The van der Waals surface area contributed by atoms with Gasteiger partial charge in [-0.3, -0.25) is 0 Å². The van der Waals surface area contributed by atoms with E-state index in [0.717, 1.165) is 24.6 Å². The third-order valence-electron chi connectivity index (χ3n) is 4.14. The van der Waals surface area contributed by atoms with Crippen LogP contribution in [-0.2, 0) is 27.2 Å². The molecule has 2 aliphatic heterocycles. The third-order valence-corrected chi connectivity index (χ3v) is 4.14. The van der Waals surface area contributed by atoms with E-state index < -0.39 is 0 Å². The summed E-state index contributed by atoms with van der Waals surface area (Å²) < 4.78 is 19.6. The Bertz CT molecular complexity index is 454. The Kier molecular flexibility index (Phi) is 2.59. The minimum Gasteiger partial charge on any atom is -0.397 e. The lowest BCUT2D eigenvalue weighted by molar-refractivity contribution is 0.00578. The highest BCUT2D eigenvalue weighted by atomic mass is 16.7. The minimum atomic E-state index is -0.387. The summed E-state index contributed by atoms with van der Waals surface area (Å²) >= 11 is 0. The van der Waals surface area contributed by atoms with Crippen LogP contribution in [-0.4, -0.2) is 34.5 Å². The van der Waals surface area contributed by atoms with Gasteiger partial charge in [0.25, 0.3) is 0 Å². The molecule has 0 aliphatic carbocycles. The lowest BCUT2D eigenvalue weighted by atomic mass is 9.89. The van der Waals surface area contributed by atoms with Gasteiger partial charge in [0.05, 0.1) is 36.3 Å². The molecule has 0 spiro atoms. The monoisotopic (exact) mass is 250 g/mol. The maximum atomic E-state index is 6.03. The molecule has 18 heavy (non-hydrogen) atoms. The van der Waals surface area contributed by atoms with Crippen LogP contribution in [0.25, 0.3) is 0 Å². The number of aromatic nitrogens is 2. The second-order valence-electron chi connectivity index (χ2n) is 5.90. The van der Waals surface area contributed by atoms with Crippen molar-refractivity contribution in [3.05, 3.63) is 11.9 Å². The summed E-state index contributed by atoms with van der Waals surface area (Å²) in [6.07, 6.45) is 1.85. The van der Waals surface area contributed by atoms with Crippen LogP contribution < -0.4 is 5.72 Å². The number of fused-ring (bicyclic) bond motifs is 1. The van der Waals surface area contributed by atoms with E-state index in [1.807, 2.05) is 6.20 Å². The largest absolute Gasteiger partial charge is 0.532 e. The van der Waals surface area contributed by atoms with E-state index in [2.05, 4.69) is 37.2 Å². The zero-order chi connectivity index (χ0) is 13.0. The molecule has 0 unspecified atom stereocenters.